The first-order valence-electron chi connectivity index (χ1n) is 10.5. The highest BCUT2D eigenvalue weighted by molar-refractivity contribution is 5.95. The molecule has 0 aliphatic carbocycles. The molecule has 0 radical (unpaired) electrons. The number of hydrogen-bond acceptors (Lipinski definition) is 6. The number of piperidine rings is 1. The Labute approximate surface area is 182 Å². The van der Waals surface area contributed by atoms with Gasteiger partial charge >= 0.3 is 0 Å². The van der Waals surface area contributed by atoms with Gasteiger partial charge in [-0.05, 0) is 37.6 Å². The van der Waals surface area contributed by atoms with Crippen molar-refractivity contribution in [3.8, 4) is 11.5 Å². The predicted molar refractivity (Wildman–Crippen MR) is 114 cm³/mol. The second kappa shape index (κ2) is 8.49. The second-order valence-corrected chi connectivity index (χ2v) is 8.64. The highest BCUT2D eigenvalue weighted by Gasteiger charge is 2.51. The number of methoxy groups -OCH3 is 1. The number of hydrogen-bond donors (Lipinski definition) is 1. The number of likely N-dealkylation sites (tertiary alicyclic amines) is 1. The highest BCUT2D eigenvalue weighted by atomic mass is 16.7. The van der Waals surface area contributed by atoms with Gasteiger partial charge in [0.05, 0.1) is 19.3 Å². The molecule has 2 fully saturated rings. The smallest absolute Gasteiger partial charge is 0.254 e. The van der Waals surface area contributed by atoms with Crippen LogP contribution in [0.2, 0.25) is 0 Å². The van der Waals surface area contributed by atoms with Crippen LogP contribution in [0, 0.1) is 0 Å². The summed E-state index contributed by atoms with van der Waals surface area (Å²) in [6, 6.07) is 15.2. The van der Waals surface area contributed by atoms with E-state index in [1.165, 1.54) is 7.11 Å². The molecule has 2 aromatic rings. The molecule has 4 rings (SSSR count). The lowest BCUT2D eigenvalue weighted by Gasteiger charge is -2.42. The third-order valence-electron chi connectivity index (χ3n) is 5.79. The number of aliphatic hydroxyl groups is 1. The predicted octanol–water partition coefficient (Wildman–Crippen LogP) is 2.96. The topological polar surface area (TPSA) is 77.5 Å². The van der Waals surface area contributed by atoms with Crippen LogP contribution in [-0.4, -0.2) is 61.2 Å². The summed E-state index contributed by atoms with van der Waals surface area (Å²) in [5.41, 5.74) is 0.116. The first kappa shape index (κ1) is 21.6. The van der Waals surface area contributed by atoms with Gasteiger partial charge in [0.1, 0.15) is 25.1 Å². The van der Waals surface area contributed by atoms with Crippen LogP contribution < -0.4 is 9.47 Å². The Bertz CT molecular complexity index is 925. The summed E-state index contributed by atoms with van der Waals surface area (Å²) in [5.74, 6) is 0.839. The number of fused-ring (bicyclic) bond motifs is 1. The maximum absolute atomic E-state index is 13.2. The summed E-state index contributed by atoms with van der Waals surface area (Å²) in [7, 11) is 1.53. The molecule has 2 aromatic carbocycles. The Balaban J connectivity index is 1.49. The van der Waals surface area contributed by atoms with Crippen molar-refractivity contribution in [2.75, 3.05) is 33.6 Å². The fourth-order valence-corrected chi connectivity index (χ4v) is 4.15. The van der Waals surface area contributed by atoms with E-state index in [-0.39, 0.29) is 25.4 Å². The summed E-state index contributed by atoms with van der Waals surface area (Å²) >= 11 is 0. The van der Waals surface area contributed by atoms with Gasteiger partial charge in [0, 0.05) is 18.5 Å². The van der Waals surface area contributed by atoms with Crippen LogP contribution >= 0.6 is 0 Å². The second-order valence-electron chi connectivity index (χ2n) is 8.64. The van der Waals surface area contributed by atoms with E-state index in [1.807, 2.05) is 18.2 Å². The minimum Gasteiger partial charge on any atom is -0.493 e. The van der Waals surface area contributed by atoms with Crippen molar-refractivity contribution < 1.29 is 28.8 Å². The van der Waals surface area contributed by atoms with Gasteiger partial charge in [-0.2, -0.15) is 0 Å². The summed E-state index contributed by atoms with van der Waals surface area (Å²) in [5, 5.41) is 9.88. The molecule has 2 atom stereocenters. The van der Waals surface area contributed by atoms with Crippen molar-refractivity contribution >= 4 is 5.91 Å². The summed E-state index contributed by atoms with van der Waals surface area (Å²) in [6.45, 7) is 4.68. The van der Waals surface area contributed by atoms with Crippen LogP contribution in [-0.2, 0) is 15.1 Å². The number of nitrogens with zero attached hydrogens (tertiary/aromatic N) is 1. The lowest BCUT2D eigenvalue weighted by Crippen LogP contribution is -2.53. The molecule has 2 saturated heterocycles. The van der Waals surface area contributed by atoms with Crippen LogP contribution in [0.1, 0.15) is 36.2 Å². The number of carbonyl (C=O) groups excluding carboxylic acids is 1. The monoisotopic (exact) mass is 427 g/mol. The van der Waals surface area contributed by atoms with Gasteiger partial charge in [0.15, 0.2) is 11.5 Å². The van der Waals surface area contributed by atoms with E-state index in [0.29, 0.717) is 36.6 Å². The maximum atomic E-state index is 13.2. The van der Waals surface area contributed by atoms with E-state index in [4.69, 9.17) is 18.9 Å². The van der Waals surface area contributed by atoms with E-state index in [2.05, 4.69) is 12.1 Å². The molecule has 2 aliphatic rings. The maximum Gasteiger partial charge on any atom is 0.254 e. The molecular formula is C24H29NO6. The fourth-order valence-electron chi connectivity index (χ4n) is 4.15. The Morgan fingerprint density at radius 3 is 2.71 bits per heavy atom. The van der Waals surface area contributed by atoms with E-state index in [0.717, 1.165) is 5.56 Å². The fraction of sp³-hybridized carbons (Fsp3) is 0.458. The molecule has 2 aliphatic heterocycles. The number of ether oxygens (including phenoxy) is 4. The molecular weight excluding hydrogens is 398 g/mol. The minimum atomic E-state index is -0.970. The van der Waals surface area contributed by atoms with Crippen LogP contribution in [0.25, 0.3) is 0 Å². The molecule has 2 heterocycles. The van der Waals surface area contributed by atoms with Crippen molar-refractivity contribution in [2.24, 2.45) is 0 Å². The molecule has 31 heavy (non-hydrogen) atoms. The summed E-state index contributed by atoms with van der Waals surface area (Å²) in [4.78, 5) is 15.0. The number of benzene rings is 2. The van der Waals surface area contributed by atoms with Gasteiger partial charge in [-0.3, -0.25) is 4.79 Å². The SMILES string of the molecule is COc1cc(C(=O)N2CC[C@]3(c4ccccc4)OCO[C@@H]3C2)ccc1OCC(C)(C)O. The Kier molecular flexibility index (Phi) is 5.92. The first-order chi connectivity index (χ1) is 14.8. The molecule has 0 saturated carbocycles. The zero-order chi connectivity index (χ0) is 22.1. The van der Waals surface area contributed by atoms with Gasteiger partial charge in [-0.15, -0.1) is 0 Å². The van der Waals surface area contributed by atoms with E-state index in [9.17, 15) is 9.90 Å². The van der Waals surface area contributed by atoms with Crippen LogP contribution in [0.3, 0.4) is 0 Å². The molecule has 0 spiro atoms. The van der Waals surface area contributed by atoms with Crippen molar-refractivity contribution in [2.45, 2.75) is 37.6 Å². The lowest BCUT2D eigenvalue weighted by molar-refractivity contribution is -0.0439. The largest absolute Gasteiger partial charge is 0.493 e. The quantitative estimate of drug-likeness (QED) is 0.764. The molecule has 0 bridgehead atoms. The van der Waals surface area contributed by atoms with Crippen molar-refractivity contribution in [3.63, 3.8) is 0 Å². The van der Waals surface area contributed by atoms with Crippen LogP contribution in [0.15, 0.2) is 48.5 Å². The summed E-state index contributed by atoms with van der Waals surface area (Å²) in [6.07, 6.45) is 0.445. The molecule has 1 amide bonds. The highest BCUT2D eigenvalue weighted by Crippen LogP contribution is 2.42. The Hall–Kier alpha value is -2.61. The first-order valence-corrected chi connectivity index (χ1v) is 10.5. The van der Waals surface area contributed by atoms with Crippen LogP contribution in [0.5, 0.6) is 11.5 Å². The lowest BCUT2D eigenvalue weighted by atomic mass is 9.82. The molecule has 1 N–H and O–H groups in total. The molecule has 7 heteroatoms. The normalized spacial score (nSPS) is 23.4. The third-order valence-corrected chi connectivity index (χ3v) is 5.79. The average Bonchev–Trinajstić information content (AvgIpc) is 3.21. The zero-order valence-corrected chi connectivity index (χ0v) is 18.2. The van der Waals surface area contributed by atoms with Gasteiger partial charge in [-0.25, -0.2) is 0 Å². The Morgan fingerprint density at radius 2 is 2.00 bits per heavy atom. The minimum absolute atomic E-state index is 0.0931. The molecule has 0 unspecified atom stereocenters. The van der Waals surface area contributed by atoms with Crippen molar-refractivity contribution in [1.82, 2.24) is 4.90 Å². The number of carbonyl (C=O) groups is 1. The van der Waals surface area contributed by atoms with Crippen LogP contribution in [0.4, 0.5) is 0 Å². The third kappa shape index (κ3) is 4.39. The molecule has 0 aromatic heterocycles. The zero-order valence-electron chi connectivity index (χ0n) is 18.2. The standard InChI is InChI=1S/C24H29NO6/c1-23(2,27)15-29-19-10-9-17(13-20(19)28-3)22(26)25-12-11-24(18-7-5-4-6-8-18)21(14-25)30-16-31-24/h4-10,13,21,27H,11-12,14-16H2,1-3H3/t21-,24-/m1/s1. The van der Waals surface area contributed by atoms with Gasteiger partial charge in [-0.1, -0.05) is 30.3 Å². The van der Waals surface area contributed by atoms with Gasteiger partial charge < -0.3 is 29.0 Å². The van der Waals surface area contributed by atoms with Gasteiger partial charge in [0.2, 0.25) is 0 Å². The van der Waals surface area contributed by atoms with E-state index in [1.54, 1.807) is 36.9 Å². The Morgan fingerprint density at radius 1 is 1.23 bits per heavy atom. The molecule has 166 valence electrons. The molecule has 7 nitrogen and oxygen atoms in total. The van der Waals surface area contributed by atoms with E-state index < -0.39 is 11.2 Å². The average molecular weight is 427 g/mol. The number of amides is 1. The van der Waals surface area contributed by atoms with E-state index >= 15 is 0 Å². The number of rotatable bonds is 6. The van der Waals surface area contributed by atoms with Crippen molar-refractivity contribution in [3.05, 3.63) is 59.7 Å². The summed E-state index contributed by atoms with van der Waals surface area (Å²) < 4.78 is 23.0. The van der Waals surface area contributed by atoms with Crippen molar-refractivity contribution in [1.29, 1.82) is 0 Å². The van der Waals surface area contributed by atoms with Gasteiger partial charge in [0.25, 0.3) is 5.91 Å².